The molecule has 0 saturated heterocycles. The summed E-state index contributed by atoms with van der Waals surface area (Å²) in [6.45, 7) is 5.95. The molecule has 0 amide bonds. The Balaban J connectivity index is 2.41. The van der Waals surface area contributed by atoms with Crippen molar-refractivity contribution in [2.24, 2.45) is 0 Å². The van der Waals surface area contributed by atoms with Gasteiger partial charge >= 0.3 is 5.97 Å². The fourth-order valence-corrected chi connectivity index (χ4v) is 1.98. The van der Waals surface area contributed by atoms with E-state index in [9.17, 15) is 4.79 Å². The zero-order chi connectivity index (χ0) is 13.8. The van der Waals surface area contributed by atoms with Crippen molar-refractivity contribution in [2.75, 3.05) is 18.0 Å². The van der Waals surface area contributed by atoms with Gasteiger partial charge in [0, 0.05) is 24.7 Å². The van der Waals surface area contributed by atoms with E-state index in [4.69, 9.17) is 5.11 Å². The van der Waals surface area contributed by atoms with Crippen LogP contribution >= 0.6 is 0 Å². The summed E-state index contributed by atoms with van der Waals surface area (Å²) >= 11 is 0. The van der Waals surface area contributed by atoms with Gasteiger partial charge in [0.2, 0.25) is 5.95 Å². The van der Waals surface area contributed by atoms with E-state index in [-0.39, 0.29) is 5.56 Å². The Labute approximate surface area is 111 Å². The van der Waals surface area contributed by atoms with Crippen molar-refractivity contribution >= 4 is 22.8 Å². The highest BCUT2D eigenvalue weighted by Gasteiger charge is 2.09. The average molecular weight is 259 g/mol. The number of aromatic nitrogens is 2. The van der Waals surface area contributed by atoms with Crippen LogP contribution in [0.1, 0.15) is 30.6 Å². The van der Waals surface area contributed by atoms with Crippen molar-refractivity contribution in [2.45, 2.75) is 20.3 Å². The van der Waals surface area contributed by atoms with Crippen LogP contribution in [0.2, 0.25) is 0 Å². The minimum Gasteiger partial charge on any atom is -0.478 e. The van der Waals surface area contributed by atoms with Crippen LogP contribution in [-0.4, -0.2) is 34.1 Å². The van der Waals surface area contributed by atoms with Gasteiger partial charge in [-0.3, -0.25) is 0 Å². The molecule has 1 aromatic carbocycles. The fourth-order valence-electron chi connectivity index (χ4n) is 1.98. The number of carbonyl (C=O) groups is 1. The largest absolute Gasteiger partial charge is 0.478 e. The second-order valence-electron chi connectivity index (χ2n) is 4.33. The molecule has 0 aliphatic rings. The molecule has 0 unspecified atom stereocenters. The number of nitrogens with zero attached hydrogens (tertiary/aromatic N) is 3. The zero-order valence-corrected chi connectivity index (χ0v) is 11.1. The first-order valence-corrected chi connectivity index (χ1v) is 6.40. The number of fused-ring (bicyclic) bond motifs is 1. The molecule has 19 heavy (non-hydrogen) atoms. The van der Waals surface area contributed by atoms with Crippen molar-refractivity contribution in [3.8, 4) is 0 Å². The smallest absolute Gasteiger partial charge is 0.335 e. The van der Waals surface area contributed by atoms with Crippen LogP contribution in [0.15, 0.2) is 24.4 Å². The van der Waals surface area contributed by atoms with Crippen LogP contribution in [0.5, 0.6) is 0 Å². The summed E-state index contributed by atoms with van der Waals surface area (Å²) in [5.74, 6) is -0.243. The number of hydrogen-bond donors (Lipinski definition) is 1. The van der Waals surface area contributed by atoms with Gasteiger partial charge < -0.3 is 10.0 Å². The third-order valence-electron chi connectivity index (χ3n) is 2.97. The average Bonchev–Trinajstić information content (AvgIpc) is 2.43. The van der Waals surface area contributed by atoms with Crippen molar-refractivity contribution in [3.63, 3.8) is 0 Å². The topological polar surface area (TPSA) is 66.3 Å². The maximum absolute atomic E-state index is 10.9. The maximum Gasteiger partial charge on any atom is 0.335 e. The quantitative estimate of drug-likeness (QED) is 0.893. The van der Waals surface area contributed by atoms with Crippen LogP contribution in [0.25, 0.3) is 10.9 Å². The Kier molecular flexibility index (Phi) is 3.94. The molecule has 2 aromatic rings. The summed E-state index contributed by atoms with van der Waals surface area (Å²) in [6, 6.07) is 4.89. The third kappa shape index (κ3) is 2.81. The molecule has 0 spiro atoms. The Bertz CT molecular complexity index is 598. The van der Waals surface area contributed by atoms with Crippen molar-refractivity contribution < 1.29 is 9.90 Å². The molecule has 1 aromatic heterocycles. The van der Waals surface area contributed by atoms with E-state index < -0.39 is 5.97 Å². The van der Waals surface area contributed by atoms with E-state index in [1.165, 1.54) is 0 Å². The highest BCUT2D eigenvalue weighted by atomic mass is 16.4. The SMILES string of the molecule is CCCN(CC)c1ncc2cc(C(=O)O)ccc2n1. The normalized spacial score (nSPS) is 10.6. The summed E-state index contributed by atoms with van der Waals surface area (Å²) in [6.07, 6.45) is 2.72. The summed E-state index contributed by atoms with van der Waals surface area (Å²) in [5.41, 5.74) is 1.02. The Morgan fingerprint density at radius 1 is 1.37 bits per heavy atom. The molecule has 1 heterocycles. The van der Waals surface area contributed by atoms with Gasteiger partial charge in [-0.15, -0.1) is 0 Å². The van der Waals surface area contributed by atoms with Gasteiger partial charge in [-0.1, -0.05) is 6.92 Å². The molecule has 5 nitrogen and oxygen atoms in total. The van der Waals surface area contributed by atoms with E-state index in [0.717, 1.165) is 30.4 Å². The second-order valence-corrected chi connectivity index (χ2v) is 4.33. The lowest BCUT2D eigenvalue weighted by atomic mass is 10.1. The van der Waals surface area contributed by atoms with Gasteiger partial charge in [0.25, 0.3) is 0 Å². The first-order valence-electron chi connectivity index (χ1n) is 6.40. The van der Waals surface area contributed by atoms with Gasteiger partial charge in [0.15, 0.2) is 0 Å². The minimum absolute atomic E-state index is 0.254. The summed E-state index contributed by atoms with van der Waals surface area (Å²) in [4.78, 5) is 21.8. The molecular formula is C14H17N3O2. The number of carboxylic acid groups (broad SMARTS) is 1. The lowest BCUT2D eigenvalue weighted by molar-refractivity contribution is 0.0697. The number of aromatic carboxylic acids is 1. The molecule has 0 bridgehead atoms. The standard InChI is InChI=1S/C14H17N3O2/c1-3-7-17(4-2)14-15-9-11-8-10(13(18)19)5-6-12(11)16-14/h5-6,8-9H,3-4,7H2,1-2H3,(H,18,19). The van der Waals surface area contributed by atoms with E-state index in [2.05, 4.69) is 28.7 Å². The zero-order valence-electron chi connectivity index (χ0n) is 11.1. The number of anilines is 1. The molecule has 0 atom stereocenters. The lowest BCUT2D eigenvalue weighted by Crippen LogP contribution is -2.25. The number of hydrogen-bond acceptors (Lipinski definition) is 4. The summed E-state index contributed by atoms with van der Waals surface area (Å²) in [7, 11) is 0. The van der Waals surface area contributed by atoms with Crippen molar-refractivity contribution in [1.82, 2.24) is 9.97 Å². The third-order valence-corrected chi connectivity index (χ3v) is 2.97. The Hall–Kier alpha value is -2.17. The highest BCUT2D eigenvalue weighted by molar-refractivity contribution is 5.93. The van der Waals surface area contributed by atoms with Gasteiger partial charge in [-0.05, 0) is 31.5 Å². The summed E-state index contributed by atoms with van der Waals surface area (Å²) < 4.78 is 0. The van der Waals surface area contributed by atoms with Gasteiger partial charge in [0.1, 0.15) is 0 Å². The Morgan fingerprint density at radius 2 is 2.16 bits per heavy atom. The highest BCUT2D eigenvalue weighted by Crippen LogP contribution is 2.17. The molecule has 2 rings (SSSR count). The van der Waals surface area contributed by atoms with Gasteiger partial charge in [0.05, 0.1) is 11.1 Å². The molecule has 0 radical (unpaired) electrons. The number of benzene rings is 1. The van der Waals surface area contributed by atoms with Crippen LogP contribution in [0.4, 0.5) is 5.95 Å². The van der Waals surface area contributed by atoms with E-state index >= 15 is 0 Å². The Morgan fingerprint density at radius 3 is 2.79 bits per heavy atom. The first kappa shape index (κ1) is 13.3. The molecule has 100 valence electrons. The minimum atomic E-state index is -0.938. The maximum atomic E-state index is 10.9. The van der Waals surface area contributed by atoms with Gasteiger partial charge in [-0.25, -0.2) is 14.8 Å². The monoisotopic (exact) mass is 259 g/mol. The first-order chi connectivity index (χ1) is 9.15. The van der Waals surface area contributed by atoms with E-state index in [0.29, 0.717) is 5.95 Å². The molecule has 0 saturated carbocycles. The molecular weight excluding hydrogens is 242 g/mol. The molecule has 0 aliphatic carbocycles. The van der Waals surface area contributed by atoms with Crippen LogP contribution in [-0.2, 0) is 0 Å². The molecule has 0 fully saturated rings. The van der Waals surface area contributed by atoms with Crippen LogP contribution in [0, 0.1) is 0 Å². The summed E-state index contributed by atoms with van der Waals surface area (Å²) in [5, 5.41) is 9.69. The van der Waals surface area contributed by atoms with Gasteiger partial charge in [-0.2, -0.15) is 0 Å². The fraction of sp³-hybridized carbons (Fsp3) is 0.357. The number of carboxylic acids is 1. The van der Waals surface area contributed by atoms with Crippen LogP contribution < -0.4 is 4.90 Å². The second kappa shape index (κ2) is 5.65. The predicted octanol–water partition coefficient (Wildman–Crippen LogP) is 2.56. The van der Waals surface area contributed by atoms with E-state index in [1.807, 2.05) is 0 Å². The number of rotatable bonds is 5. The molecule has 0 aliphatic heterocycles. The van der Waals surface area contributed by atoms with Crippen molar-refractivity contribution in [1.29, 1.82) is 0 Å². The predicted molar refractivity (Wildman–Crippen MR) is 74.7 cm³/mol. The lowest BCUT2D eigenvalue weighted by Gasteiger charge is -2.19. The molecule has 5 heteroatoms. The van der Waals surface area contributed by atoms with Crippen molar-refractivity contribution in [3.05, 3.63) is 30.0 Å². The van der Waals surface area contributed by atoms with E-state index in [1.54, 1.807) is 24.4 Å². The molecule has 1 N–H and O–H groups in total. The van der Waals surface area contributed by atoms with Crippen LogP contribution in [0.3, 0.4) is 0 Å².